The largest absolute Gasteiger partial charge is 0.465 e. The van der Waals surface area contributed by atoms with Gasteiger partial charge in [0.05, 0.1) is 17.4 Å². The number of carbonyl (C=O) groups is 1. The number of amides is 1. The Labute approximate surface area is 80.8 Å². The van der Waals surface area contributed by atoms with Crippen molar-refractivity contribution in [3.63, 3.8) is 0 Å². The molecule has 0 radical (unpaired) electrons. The van der Waals surface area contributed by atoms with Gasteiger partial charge in [-0.25, -0.2) is 9.78 Å². The zero-order valence-electron chi connectivity index (χ0n) is 7.60. The monoisotopic (exact) mass is 193 g/mol. The highest BCUT2D eigenvalue weighted by Gasteiger charge is 2.69. The van der Waals surface area contributed by atoms with Crippen molar-refractivity contribution in [3.8, 4) is 0 Å². The van der Waals surface area contributed by atoms with Gasteiger partial charge in [-0.2, -0.15) is 0 Å². The standard InChI is InChI=1S/C9H11N3O2/c13-7(14)11-8-3-9(4-8,5-8)12-2-1-10-6-12/h1-2,6,11H,3-5H2,(H,13,14). The van der Waals surface area contributed by atoms with Gasteiger partial charge >= 0.3 is 6.09 Å². The van der Waals surface area contributed by atoms with Crippen LogP contribution >= 0.6 is 0 Å². The molecule has 0 aliphatic heterocycles. The van der Waals surface area contributed by atoms with E-state index in [2.05, 4.69) is 14.9 Å². The average molecular weight is 193 g/mol. The Morgan fingerprint density at radius 3 is 2.71 bits per heavy atom. The van der Waals surface area contributed by atoms with Gasteiger partial charge in [0.2, 0.25) is 0 Å². The van der Waals surface area contributed by atoms with Gasteiger partial charge < -0.3 is 15.0 Å². The van der Waals surface area contributed by atoms with Crippen molar-refractivity contribution in [2.24, 2.45) is 0 Å². The van der Waals surface area contributed by atoms with Crippen LogP contribution in [0.4, 0.5) is 4.79 Å². The molecule has 5 nitrogen and oxygen atoms in total. The molecule has 4 rings (SSSR count). The van der Waals surface area contributed by atoms with E-state index in [1.54, 1.807) is 6.20 Å². The number of carboxylic acid groups (broad SMARTS) is 1. The molecule has 3 aliphatic carbocycles. The first-order valence-electron chi connectivity index (χ1n) is 4.64. The van der Waals surface area contributed by atoms with Gasteiger partial charge in [-0.15, -0.1) is 0 Å². The molecular formula is C9H11N3O2. The Morgan fingerprint density at radius 1 is 1.50 bits per heavy atom. The lowest BCUT2D eigenvalue weighted by atomic mass is 9.44. The minimum atomic E-state index is -0.913. The van der Waals surface area contributed by atoms with E-state index in [0.717, 1.165) is 19.3 Å². The smallest absolute Gasteiger partial charge is 0.405 e. The quantitative estimate of drug-likeness (QED) is 0.729. The van der Waals surface area contributed by atoms with Gasteiger partial charge in [-0.3, -0.25) is 0 Å². The minimum absolute atomic E-state index is 0.129. The summed E-state index contributed by atoms with van der Waals surface area (Å²) in [7, 11) is 0. The van der Waals surface area contributed by atoms with Crippen LogP contribution in [0.2, 0.25) is 0 Å². The molecule has 2 bridgehead atoms. The highest BCUT2D eigenvalue weighted by molar-refractivity contribution is 5.67. The molecule has 0 atom stereocenters. The fourth-order valence-corrected chi connectivity index (χ4v) is 2.91. The Hall–Kier alpha value is -1.52. The zero-order valence-corrected chi connectivity index (χ0v) is 7.60. The second-order valence-corrected chi connectivity index (χ2v) is 4.44. The molecule has 1 heterocycles. The van der Waals surface area contributed by atoms with E-state index < -0.39 is 6.09 Å². The summed E-state index contributed by atoms with van der Waals surface area (Å²) in [5.74, 6) is 0. The lowest BCUT2D eigenvalue weighted by Gasteiger charge is -2.70. The van der Waals surface area contributed by atoms with Crippen LogP contribution in [0, 0.1) is 0 Å². The van der Waals surface area contributed by atoms with Crippen LogP contribution in [0.25, 0.3) is 0 Å². The van der Waals surface area contributed by atoms with Crippen LogP contribution in [0.1, 0.15) is 19.3 Å². The number of nitrogens with zero attached hydrogens (tertiary/aromatic N) is 2. The Morgan fingerprint density at radius 2 is 2.21 bits per heavy atom. The van der Waals surface area contributed by atoms with Crippen LogP contribution in [-0.2, 0) is 5.54 Å². The van der Waals surface area contributed by atoms with E-state index in [-0.39, 0.29) is 11.1 Å². The molecule has 2 N–H and O–H groups in total. The van der Waals surface area contributed by atoms with Crippen LogP contribution in [0.15, 0.2) is 18.7 Å². The molecule has 5 heteroatoms. The van der Waals surface area contributed by atoms with Crippen LogP contribution in [0.3, 0.4) is 0 Å². The molecule has 0 saturated heterocycles. The van der Waals surface area contributed by atoms with Crippen molar-refractivity contribution < 1.29 is 9.90 Å². The molecule has 14 heavy (non-hydrogen) atoms. The van der Waals surface area contributed by atoms with E-state index in [0.29, 0.717) is 0 Å². The molecule has 3 saturated carbocycles. The SMILES string of the molecule is O=C(O)NC12CC(n3ccnc3)(C1)C2. The van der Waals surface area contributed by atoms with Gasteiger partial charge in [0.15, 0.2) is 0 Å². The summed E-state index contributed by atoms with van der Waals surface area (Å²) in [4.78, 5) is 14.5. The third kappa shape index (κ3) is 0.792. The Balaban J connectivity index is 1.72. The first-order valence-corrected chi connectivity index (χ1v) is 4.64. The van der Waals surface area contributed by atoms with Crippen molar-refractivity contribution in [1.29, 1.82) is 0 Å². The molecule has 0 unspecified atom stereocenters. The van der Waals surface area contributed by atoms with Gasteiger partial charge in [0, 0.05) is 12.4 Å². The number of hydrogen-bond donors (Lipinski definition) is 2. The summed E-state index contributed by atoms with van der Waals surface area (Å²) in [6.07, 6.45) is 7.32. The van der Waals surface area contributed by atoms with Crippen LogP contribution < -0.4 is 5.32 Å². The lowest BCUT2D eigenvalue weighted by molar-refractivity contribution is -0.133. The van der Waals surface area contributed by atoms with E-state index in [4.69, 9.17) is 5.11 Å². The fraction of sp³-hybridized carbons (Fsp3) is 0.556. The molecule has 0 spiro atoms. The number of rotatable bonds is 2. The average Bonchev–Trinajstić information content (AvgIpc) is 2.44. The highest BCUT2D eigenvalue weighted by atomic mass is 16.4. The second kappa shape index (κ2) is 2.10. The van der Waals surface area contributed by atoms with Crippen molar-refractivity contribution in [3.05, 3.63) is 18.7 Å². The molecule has 74 valence electrons. The molecule has 3 aliphatic rings. The first kappa shape index (κ1) is 7.84. The van der Waals surface area contributed by atoms with Crippen molar-refractivity contribution in [2.45, 2.75) is 30.3 Å². The van der Waals surface area contributed by atoms with Gasteiger partial charge in [0.25, 0.3) is 0 Å². The molecular weight excluding hydrogens is 182 g/mol. The van der Waals surface area contributed by atoms with Crippen LogP contribution in [0.5, 0.6) is 0 Å². The summed E-state index contributed by atoms with van der Waals surface area (Å²) >= 11 is 0. The molecule has 1 aromatic rings. The van der Waals surface area contributed by atoms with E-state index in [1.165, 1.54) is 0 Å². The third-order valence-electron chi connectivity index (χ3n) is 3.43. The summed E-state index contributed by atoms with van der Waals surface area (Å²) in [5.41, 5.74) is 0.0368. The highest BCUT2D eigenvalue weighted by Crippen LogP contribution is 2.65. The number of nitrogens with one attached hydrogen (secondary N) is 1. The lowest BCUT2D eigenvalue weighted by Crippen LogP contribution is -2.78. The van der Waals surface area contributed by atoms with Gasteiger partial charge in [-0.05, 0) is 19.3 Å². The summed E-state index contributed by atoms with van der Waals surface area (Å²) in [6, 6.07) is 0. The molecule has 1 amide bonds. The second-order valence-electron chi connectivity index (χ2n) is 4.44. The predicted molar refractivity (Wildman–Crippen MR) is 47.9 cm³/mol. The third-order valence-corrected chi connectivity index (χ3v) is 3.43. The van der Waals surface area contributed by atoms with Gasteiger partial charge in [0.1, 0.15) is 0 Å². The number of imidazole rings is 1. The Bertz CT molecular complexity index is 365. The maximum absolute atomic E-state index is 10.5. The summed E-state index contributed by atoms with van der Waals surface area (Å²) < 4.78 is 2.10. The minimum Gasteiger partial charge on any atom is -0.465 e. The molecule has 0 aromatic carbocycles. The molecule has 3 fully saturated rings. The van der Waals surface area contributed by atoms with Crippen molar-refractivity contribution in [2.75, 3.05) is 0 Å². The van der Waals surface area contributed by atoms with Gasteiger partial charge in [-0.1, -0.05) is 0 Å². The normalized spacial score (nSPS) is 38.3. The number of hydrogen-bond acceptors (Lipinski definition) is 2. The number of aromatic nitrogens is 2. The maximum atomic E-state index is 10.5. The van der Waals surface area contributed by atoms with Crippen molar-refractivity contribution >= 4 is 6.09 Å². The summed E-state index contributed by atoms with van der Waals surface area (Å²) in [6.45, 7) is 0. The fourth-order valence-electron chi connectivity index (χ4n) is 2.91. The van der Waals surface area contributed by atoms with E-state index >= 15 is 0 Å². The first-order chi connectivity index (χ1) is 6.64. The predicted octanol–water partition coefficient (Wildman–Crippen LogP) is 0.782. The Kier molecular flexibility index (Phi) is 1.18. The zero-order chi connectivity index (χ0) is 9.81. The van der Waals surface area contributed by atoms with E-state index in [1.807, 2.05) is 12.5 Å². The summed E-state index contributed by atoms with van der Waals surface area (Å²) in [5, 5.41) is 11.2. The molecule has 1 aromatic heterocycles. The topological polar surface area (TPSA) is 67.2 Å². The van der Waals surface area contributed by atoms with E-state index in [9.17, 15) is 4.79 Å². The van der Waals surface area contributed by atoms with Crippen LogP contribution in [-0.4, -0.2) is 26.3 Å². The van der Waals surface area contributed by atoms with Crippen molar-refractivity contribution in [1.82, 2.24) is 14.9 Å². The maximum Gasteiger partial charge on any atom is 0.405 e.